The number of carbonyl (C=O) groups excluding carboxylic acids is 3. The van der Waals surface area contributed by atoms with Crippen molar-refractivity contribution >= 4 is 23.4 Å². The minimum atomic E-state index is -0.666. The second-order valence-electron chi connectivity index (χ2n) is 6.04. The van der Waals surface area contributed by atoms with E-state index < -0.39 is 24.3 Å². The van der Waals surface area contributed by atoms with E-state index in [1.807, 2.05) is 0 Å². The Morgan fingerprint density at radius 3 is 2.50 bits per heavy atom. The summed E-state index contributed by atoms with van der Waals surface area (Å²) in [6.45, 7) is 4.96. The van der Waals surface area contributed by atoms with E-state index in [4.69, 9.17) is 14.6 Å². The number of Topliss-reactive ketones (excluding diaryl/α,β-unsaturated/α-hetero) is 1. The van der Waals surface area contributed by atoms with Crippen LogP contribution in [0.4, 0.5) is 5.69 Å². The number of para-hydroxylation sites is 1. The summed E-state index contributed by atoms with van der Waals surface area (Å²) >= 11 is 0. The van der Waals surface area contributed by atoms with Gasteiger partial charge in [0.15, 0.2) is 6.61 Å². The molecule has 8 nitrogen and oxygen atoms in total. The molecular formula is C20H24N2O6. The number of esters is 2. The molecule has 1 aromatic heterocycles. The predicted octanol–water partition coefficient (Wildman–Crippen LogP) is 2.25. The molecule has 0 aliphatic heterocycles. The first-order valence-corrected chi connectivity index (χ1v) is 8.91. The second kappa shape index (κ2) is 9.70. The molecule has 1 aromatic carbocycles. The summed E-state index contributed by atoms with van der Waals surface area (Å²) in [5, 5.41) is 11.8. The Morgan fingerprint density at radius 2 is 1.82 bits per heavy atom. The first kappa shape index (κ1) is 21.2. The molecular weight excluding hydrogens is 364 g/mol. The zero-order chi connectivity index (χ0) is 20.7. The lowest BCUT2D eigenvalue weighted by molar-refractivity contribution is 0.0473. The Labute approximate surface area is 162 Å². The highest BCUT2D eigenvalue weighted by Gasteiger charge is 2.24. The standard InChI is InChI=1S/C20H24N2O6/c1-4-27-20(26)17-12(2)18(22-13(17)3)16(24)11-28-19(25)14-7-5-6-8-15(14)21-9-10-23/h5-8,21-23H,4,9-11H2,1-3H3. The van der Waals surface area contributed by atoms with Crippen LogP contribution >= 0.6 is 0 Å². The molecule has 0 aliphatic carbocycles. The van der Waals surface area contributed by atoms with Crippen LogP contribution < -0.4 is 5.32 Å². The van der Waals surface area contributed by atoms with Crippen LogP contribution in [0.25, 0.3) is 0 Å². The average Bonchev–Trinajstić information content (AvgIpc) is 2.98. The number of hydrogen-bond acceptors (Lipinski definition) is 7. The van der Waals surface area contributed by atoms with Gasteiger partial charge in [0.05, 0.1) is 30.0 Å². The molecule has 0 unspecified atom stereocenters. The zero-order valence-electron chi connectivity index (χ0n) is 16.1. The summed E-state index contributed by atoms with van der Waals surface area (Å²) in [4.78, 5) is 39.8. The number of benzene rings is 1. The van der Waals surface area contributed by atoms with Gasteiger partial charge < -0.3 is 24.9 Å². The number of carbonyl (C=O) groups is 3. The monoisotopic (exact) mass is 388 g/mol. The van der Waals surface area contributed by atoms with Crippen LogP contribution in [0, 0.1) is 13.8 Å². The van der Waals surface area contributed by atoms with E-state index in [1.165, 1.54) is 0 Å². The Bertz CT molecular complexity index is 872. The minimum Gasteiger partial charge on any atom is -0.462 e. The number of anilines is 1. The van der Waals surface area contributed by atoms with Gasteiger partial charge in [0.2, 0.25) is 5.78 Å². The molecule has 0 atom stereocenters. The van der Waals surface area contributed by atoms with Gasteiger partial charge in [-0.05, 0) is 38.5 Å². The number of aryl methyl sites for hydroxylation is 1. The van der Waals surface area contributed by atoms with Crippen molar-refractivity contribution in [2.24, 2.45) is 0 Å². The van der Waals surface area contributed by atoms with Crippen LogP contribution in [-0.2, 0) is 9.47 Å². The maximum absolute atomic E-state index is 12.5. The molecule has 0 spiro atoms. The number of ketones is 1. The molecule has 0 aliphatic rings. The SMILES string of the molecule is CCOC(=O)c1c(C)[nH]c(C(=O)COC(=O)c2ccccc2NCCO)c1C. The van der Waals surface area contributed by atoms with E-state index in [0.717, 1.165) is 0 Å². The van der Waals surface area contributed by atoms with Crippen molar-refractivity contribution in [1.29, 1.82) is 0 Å². The molecule has 28 heavy (non-hydrogen) atoms. The number of H-pyrrole nitrogens is 1. The van der Waals surface area contributed by atoms with Crippen LogP contribution in [0.1, 0.15) is 49.4 Å². The first-order valence-electron chi connectivity index (χ1n) is 8.91. The van der Waals surface area contributed by atoms with E-state index in [1.54, 1.807) is 45.0 Å². The van der Waals surface area contributed by atoms with Crippen molar-refractivity contribution in [2.45, 2.75) is 20.8 Å². The third-order valence-corrected chi connectivity index (χ3v) is 4.10. The Balaban J connectivity index is 2.10. The number of aromatic nitrogens is 1. The smallest absolute Gasteiger partial charge is 0.340 e. The van der Waals surface area contributed by atoms with Gasteiger partial charge in [-0.1, -0.05) is 12.1 Å². The Hall–Kier alpha value is -3.13. The van der Waals surface area contributed by atoms with Crippen LogP contribution in [0.5, 0.6) is 0 Å². The van der Waals surface area contributed by atoms with E-state index >= 15 is 0 Å². The third kappa shape index (κ3) is 4.77. The number of ether oxygens (including phenoxy) is 2. The molecule has 2 aromatic rings. The lowest BCUT2D eigenvalue weighted by Crippen LogP contribution is -2.17. The number of aromatic amines is 1. The van der Waals surface area contributed by atoms with E-state index in [0.29, 0.717) is 22.5 Å². The highest BCUT2D eigenvalue weighted by Crippen LogP contribution is 2.20. The fourth-order valence-corrected chi connectivity index (χ4v) is 2.83. The molecule has 2 rings (SSSR count). The van der Waals surface area contributed by atoms with Crippen molar-refractivity contribution in [1.82, 2.24) is 4.98 Å². The number of nitrogens with one attached hydrogen (secondary N) is 2. The molecule has 150 valence electrons. The van der Waals surface area contributed by atoms with Crippen molar-refractivity contribution < 1.29 is 29.0 Å². The van der Waals surface area contributed by atoms with Crippen molar-refractivity contribution in [2.75, 3.05) is 31.7 Å². The van der Waals surface area contributed by atoms with Crippen molar-refractivity contribution in [3.8, 4) is 0 Å². The Morgan fingerprint density at radius 1 is 1.11 bits per heavy atom. The van der Waals surface area contributed by atoms with Crippen LogP contribution in [-0.4, -0.2) is 54.2 Å². The molecule has 1 heterocycles. The fraction of sp³-hybridized carbons (Fsp3) is 0.350. The van der Waals surface area contributed by atoms with Gasteiger partial charge in [0.1, 0.15) is 0 Å². The number of rotatable bonds is 9. The van der Waals surface area contributed by atoms with Crippen molar-refractivity contribution in [3.63, 3.8) is 0 Å². The largest absolute Gasteiger partial charge is 0.462 e. The minimum absolute atomic E-state index is 0.0872. The summed E-state index contributed by atoms with van der Waals surface area (Å²) in [6.07, 6.45) is 0. The average molecular weight is 388 g/mol. The summed E-state index contributed by atoms with van der Waals surface area (Å²) in [5.41, 5.74) is 2.27. The highest BCUT2D eigenvalue weighted by atomic mass is 16.5. The third-order valence-electron chi connectivity index (χ3n) is 4.10. The molecule has 0 amide bonds. The van der Waals surface area contributed by atoms with Crippen molar-refractivity contribution in [3.05, 3.63) is 52.3 Å². The topological polar surface area (TPSA) is 118 Å². The van der Waals surface area contributed by atoms with Gasteiger partial charge in [-0.2, -0.15) is 0 Å². The molecule has 0 saturated carbocycles. The van der Waals surface area contributed by atoms with Gasteiger partial charge in [0.25, 0.3) is 0 Å². The van der Waals surface area contributed by atoms with Gasteiger partial charge in [-0.3, -0.25) is 4.79 Å². The van der Waals surface area contributed by atoms with Gasteiger partial charge in [-0.15, -0.1) is 0 Å². The maximum atomic E-state index is 12.5. The summed E-state index contributed by atoms with van der Waals surface area (Å²) in [5.74, 6) is -1.63. The summed E-state index contributed by atoms with van der Waals surface area (Å²) in [7, 11) is 0. The number of aliphatic hydroxyl groups excluding tert-OH is 1. The molecule has 8 heteroatoms. The van der Waals surface area contributed by atoms with Crippen LogP contribution in [0.3, 0.4) is 0 Å². The second-order valence-corrected chi connectivity index (χ2v) is 6.04. The molecule has 0 saturated heterocycles. The molecule has 0 bridgehead atoms. The lowest BCUT2D eigenvalue weighted by Gasteiger charge is -2.10. The summed E-state index contributed by atoms with van der Waals surface area (Å²) in [6, 6.07) is 6.66. The fourth-order valence-electron chi connectivity index (χ4n) is 2.83. The predicted molar refractivity (Wildman–Crippen MR) is 103 cm³/mol. The number of hydrogen-bond donors (Lipinski definition) is 3. The maximum Gasteiger partial charge on any atom is 0.340 e. The quantitative estimate of drug-likeness (QED) is 0.445. The van der Waals surface area contributed by atoms with E-state index in [-0.39, 0.29) is 31.0 Å². The lowest BCUT2D eigenvalue weighted by atomic mass is 10.1. The van der Waals surface area contributed by atoms with E-state index in [2.05, 4.69) is 10.3 Å². The van der Waals surface area contributed by atoms with Gasteiger partial charge >= 0.3 is 11.9 Å². The normalized spacial score (nSPS) is 10.4. The Kier molecular flexibility index (Phi) is 7.34. The van der Waals surface area contributed by atoms with Gasteiger partial charge in [0, 0.05) is 17.9 Å². The van der Waals surface area contributed by atoms with E-state index in [9.17, 15) is 14.4 Å². The first-order chi connectivity index (χ1) is 13.4. The molecule has 0 fully saturated rings. The van der Waals surface area contributed by atoms with Crippen LogP contribution in [0.2, 0.25) is 0 Å². The number of aliphatic hydroxyl groups is 1. The summed E-state index contributed by atoms with van der Waals surface area (Å²) < 4.78 is 10.2. The van der Waals surface area contributed by atoms with Crippen LogP contribution in [0.15, 0.2) is 24.3 Å². The molecule has 0 radical (unpaired) electrons. The molecule has 3 N–H and O–H groups in total. The highest BCUT2D eigenvalue weighted by molar-refractivity contribution is 6.03. The van der Waals surface area contributed by atoms with Gasteiger partial charge in [-0.25, -0.2) is 9.59 Å². The zero-order valence-corrected chi connectivity index (χ0v) is 16.1.